The van der Waals surface area contributed by atoms with Gasteiger partial charge in [-0.3, -0.25) is 9.18 Å². The summed E-state index contributed by atoms with van der Waals surface area (Å²) in [5, 5.41) is 0.760. The highest BCUT2D eigenvalue weighted by Crippen LogP contribution is 2.27. The molecule has 2 aromatic rings. The summed E-state index contributed by atoms with van der Waals surface area (Å²) < 4.78 is 18.3. The maximum Gasteiger partial charge on any atom is 0.192 e. The molecule has 4 heteroatoms. The number of hydrogen-bond acceptors (Lipinski definition) is 3. The summed E-state index contributed by atoms with van der Waals surface area (Å²) in [6, 6.07) is 8.22. The number of unbranched alkanes of at least 4 members (excludes halogenated alkanes) is 1. The van der Waals surface area contributed by atoms with Crippen molar-refractivity contribution in [3.8, 4) is 0 Å². The number of halogens is 1. The lowest BCUT2D eigenvalue weighted by Gasteiger charge is -2.12. The molecule has 0 saturated heterocycles. The van der Waals surface area contributed by atoms with E-state index in [1.54, 1.807) is 11.8 Å². The van der Waals surface area contributed by atoms with Crippen molar-refractivity contribution in [3.05, 3.63) is 68.6 Å². The molecule has 0 unspecified atom stereocenters. The second-order valence-corrected chi connectivity index (χ2v) is 7.76. The monoisotopic (exact) mass is 372 g/mol. The van der Waals surface area contributed by atoms with E-state index >= 15 is 0 Å². The fourth-order valence-electron chi connectivity index (χ4n) is 3.17. The summed E-state index contributed by atoms with van der Waals surface area (Å²) >= 11 is 1.64. The van der Waals surface area contributed by atoms with Crippen molar-refractivity contribution in [2.24, 2.45) is 0 Å². The van der Waals surface area contributed by atoms with Gasteiger partial charge in [0.25, 0.3) is 0 Å². The van der Waals surface area contributed by atoms with Gasteiger partial charge in [-0.25, -0.2) is 0 Å². The van der Waals surface area contributed by atoms with Gasteiger partial charge in [-0.05, 0) is 56.2 Å². The van der Waals surface area contributed by atoms with Crippen LogP contribution in [0.15, 0.2) is 44.6 Å². The molecular formula is C22H25FO2S. The van der Waals surface area contributed by atoms with Crippen molar-refractivity contribution in [1.82, 2.24) is 0 Å². The number of hydrogen-bond donors (Lipinski definition) is 0. The molecule has 0 fully saturated rings. The first-order chi connectivity index (χ1) is 12.7. The SMILES string of the molecule is Cc1c(SCCCCc2ccc(CCF)cc2)oc2c(c1=O)CCC=C2. The number of benzene rings is 1. The summed E-state index contributed by atoms with van der Waals surface area (Å²) in [5.41, 5.74) is 4.06. The Kier molecular flexibility index (Phi) is 6.73. The van der Waals surface area contributed by atoms with Gasteiger partial charge in [-0.1, -0.05) is 42.1 Å². The molecule has 0 spiro atoms. The smallest absolute Gasteiger partial charge is 0.192 e. The van der Waals surface area contributed by atoms with Gasteiger partial charge in [-0.2, -0.15) is 0 Å². The van der Waals surface area contributed by atoms with Crippen molar-refractivity contribution in [2.75, 3.05) is 12.4 Å². The minimum atomic E-state index is -0.301. The van der Waals surface area contributed by atoms with E-state index in [0.29, 0.717) is 6.42 Å². The lowest BCUT2D eigenvalue weighted by Crippen LogP contribution is -2.16. The zero-order valence-corrected chi connectivity index (χ0v) is 16.0. The Hall–Kier alpha value is -1.81. The molecule has 0 bridgehead atoms. The van der Waals surface area contributed by atoms with Crippen LogP contribution in [0.2, 0.25) is 0 Å². The maximum atomic E-state index is 12.5. The molecule has 2 nitrogen and oxygen atoms in total. The molecule has 0 saturated carbocycles. The molecule has 1 aromatic carbocycles. The van der Waals surface area contributed by atoms with Crippen LogP contribution in [0.4, 0.5) is 4.39 Å². The standard InChI is InChI=1S/C22H25FO2S/c1-16-21(24)19-7-2-3-8-20(19)25-22(16)26-15-5-4-6-17-9-11-18(12-10-17)13-14-23/h3,8-12H,2,4-7,13-15H2,1H3. The first kappa shape index (κ1) is 19.0. The minimum Gasteiger partial charge on any atom is -0.450 e. The molecule has 0 amide bonds. The largest absolute Gasteiger partial charge is 0.450 e. The number of thioether (sulfide) groups is 1. The van der Waals surface area contributed by atoms with Gasteiger partial charge in [0.1, 0.15) is 5.76 Å². The van der Waals surface area contributed by atoms with Crippen molar-refractivity contribution >= 4 is 17.8 Å². The highest BCUT2D eigenvalue weighted by Gasteiger charge is 2.16. The number of allylic oxidation sites excluding steroid dienone is 1. The third-order valence-electron chi connectivity index (χ3n) is 4.75. The van der Waals surface area contributed by atoms with E-state index < -0.39 is 0 Å². The first-order valence-electron chi connectivity index (χ1n) is 9.28. The Morgan fingerprint density at radius 1 is 1.12 bits per heavy atom. The summed E-state index contributed by atoms with van der Waals surface area (Å²) in [6.45, 7) is 1.57. The van der Waals surface area contributed by atoms with Gasteiger partial charge in [0.15, 0.2) is 10.5 Å². The Balaban J connectivity index is 1.49. The summed E-state index contributed by atoms with van der Waals surface area (Å²) in [7, 11) is 0. The molecule has 0 aliphatic heterocycles. The molecule has 26 heavy (non-hydrogen) atoms. The average molecular weight is 373 g/mol. The predicted octanol–water partition coefficient (Wildman–Crippen LogP) is 5.53. The lowest BCUT2D eigenvalue weighted by molar-refractivity contribution is 0.430. The molecule has 3 rings (SSSR count). The molecule has 0 radical (unpaired) electrons. The number of alkyl halides is 1. The fraction of sp³-hybridized carbons (Fsp3) is 0.409. The lowest BCUT2D eigenvalue weighted by atomic mass is 10.0. The third-order valence-corrected chi connectivity index (χ3v) is 5.89. The second-order valence-electron chi connectivity index (χ2n) is 6.69. The van der Waals surface area contributed by atoms with Crippen LogP contribution < -0.4 is 5.43 Å². The van der Waals surface area contributed by atoms with E-state index in [4.69, 9.17) is 4.42 Å². The number of rotatable bonds is 8. The summed E-state index contributed by atoms with van der Waals surface area (Å²) in [5.74, 6) is 1.68. The van der Waals surface area contributed by atoms with Crippen LogP contribution in [0.5, 0.6) is 0 Å². The highest BCUT2D eigenvalue weighted by atomic mass is 32.2. The first-order valence-corrected chi connectivity index (χ1v) is 10.3. The van der Waals surface area contributed by atoms with Gasteiger partial charge in [0.2, 0.25) is 0 Å². The minimum absolute atomic E-state index is 0.145. The van der Waals surface area contributed by atoms with Crippen molar-refractivity contribution in [2.45, 2.75) is 50.5 Å². The van der Waals surface area contributed by atoms with E-state index in [2.05, 4.69) is 18.2 Å². The van der Waals surface area contributed by atoms with Gasteiger partial charge >= 0.3 is 0 Å². The van der Waals surface area contributed by atoms with Crippen LogP contribution >= 0.6 is 11.8 Å². The Morgan fingerprint density at radius 3 is 2.58 bits per heavy atom. The van der Waals surface area contributed by atoms with Crippen LogP contribution in [0.3, 0.4) is 0 Å². The second kappa shape index (κ2) is 9.22. The quantitative estimate of drug-likeness (QED) is 0.450. The van der Waals surface area contributed by atoms with Crippen LogP contribution in [-0.2, 0) is 19.3 Å². The van der Waals surface area contributed by atoms with Crippen molar-refractivity contribution in [1.29, 1.82) is 0 Å². The summed E-state index contributed by atoms with van der Waals surface area (Å²) in [6.07, 6.45) is 9.35. The highest BCUT2D eigenvalue weighted by molar-refractivity contribution is 7.99. The topological polar surface area (TPSA) is 30.2 Å². The van der Waals surface area contributed by atoms with E-state index in [1.807, 2.05) is 25.1 Å². The normalized spacial score (nSPS) is 13.0. The van der Waals surface area contributed by atoms with E-state index in [1.165, 1.54) is 5.56 Å². The maximum absolute atomic E-state index is 12.5. The van der Waals surface area contributed by atoms with E-state index in [9.17, 15) is 9.18 Å². The molecule has 1 heterocycles. The van der Waals surface area contributed by atoms with E-state index in [0.717, 1.165) is 65.4 Å². The number of aryl methyl sites for hydroxylation is 2. The molecule has 1 aromatic heterocycles. The van der Waals surface area contributed by atoms with Crippen LogP contribution in [0.25, 0.3) is 6.08 Å². The Morgan fingerprint density at radius 2 is 1.85 bits per heavy atom. The third kappa shape index (κ3) is 4.67. The predicted molar refractivity (Wildman–Crippen MR) is 107 cm³/mol. The fourth-order valence-corrected chi connectivity index (χ4v) is 4.17. The van der Waals surface area contributed by atoms with Crippen LogP contribution in [0, 0.1) is 6.92 Å². The molecule has 138 valence electrons. The summed E-state index contributed by atoms with van der Waals surface area (Å²) in [4.78, 5) is 12.5. The van der Waals surface area contributed by atoms with Crippen LogP contribution in [-0.4, -0.2) is 12.4 Å². The van der Waals surface area contributed by atoms with E-state index in [-0.39, 0.29) is 12.1 Å². The van der Waals surface area contributed by atoms with Gasteiger partial charge < -0.3 is 4.42 Å². The molecule has 0 atom stereocenters. The zero-order chi connectivity index (χ0) is 18.4. The molecular weight excluding hydrogens is 347 g/mol. The zero-order valence-electron chi connectivity index (χ0n) is 15.2. The van der Waals surface area contributed by atoms with Gasteiger partial charge in [0.05, 0.1) is 6.67 Å². The average Bonchev–Trinajstić information content (AvgIpc) is 2.67. The van der Waals surface area contributed by atoms with Crippen molar-refractivity contribution < 1.29 is 8.81 Å². The molecule has 1 aliphatic rings. The molecule has 0 N–H and O–H groups in total. The van der Waals surface area contributed by atoms with Crippen LogP contribution in [0.1, 0.15) is 47.3 Å². The Bertz CT molecular complexity index is 821. The van der Waals surface area contributed by atoms with Crippen molar-refractivity contribution in [3.63, 3.8) is 0 Å². The molecule has 1 aliphatic carbocycles. The van der Waals surface area contributed by atoms with Gasteiger partial charge in [0, 0.05) is 23.3 Å². The number of fused-ring (bicyclic) bond motifs is 1. The Labute approximate surface area is 158 Å². The van der Waals surface area contributed by atoms with Gasteiger partial charge in [-0.15, -0.1) is 0 Å².